The number of benzene rings is 2. The molecule has 1 aliphatic carbocycles. The molecular weight excluding hydrogens is 380 g/mol. The SMILES string of the molecule is COc1cccc2c1C(=O)c1c(OC)cc(CN3CCN(C(C)C)CC3)cc1C2=O. The lowest BCUT2D eigenvalue weighted by molar-refractivity contribution is 0.0972. The molecule has 30 heavy (non-hydrogen) atoms. The van der Waals surface area contributed by atoms with Crippen molar-refractivity contribution in [3.05, 3.63) is 58.1 Å². The van der Waals surface area contributed by atoms with E-state index >= 15 is 0 Å². The smallest absolute Gasteiger partial charge is 0.201 e. The summed E-state index contributed by atoms with van der Waals surface area (Å²) in [5, 5.41) is 0. The quantitative estimate of drug-likeness (QED) is 0.647. The molecule has 0 saturated carbocycles. The number of rotatable bonds is 5. The van der Waals surface area contributed by atoms with Gasteiger partial charge in [0, 0.05) is 49.9 Å². The maximum absolute atomic E-state index is 13.3. The molecule has 0 bridgehead atoms. The fourth-order valence-electron chi connectivity index (χ4n) is 4.43. The molecule has 6 nitrogen and oxygen atoms in total. The molecule has 2 aromatic rings. The van der Waals surface area contributed by atoms with Gasteiger partial charge in [-0.25, -0.2) is 0 Å². The lowest BCUT2D eigenvalue weighted by Crippen LogP contribution is -2.48. The standard InChI is InChI=1S/C24H28N2O4/c1-15(2)26-10-8-25(9-11-26)14-16-12-18-22(20(13-16)30-4)24(28)21-17(23(18)27)6-5-7-19(21)29-3/h5-7,12-13,15H,8-11,14H2,1-4H3. The first-order chi connectivity index (χ1) is 14.4. The lowest BCUT2D eigenvalue weighted by atomic mass is 9.82. The predicted octanol–water partition coefficient (Wildman–Crippen LogP) is 3.01. The number of ketones is 2. The monoisotopic (exact) mass is 408 g/mol. The number of piperazine rings is 1. The third kappa shape index (κ3) is 3.50. The third-order valence-corrected chi connectivity index (χ3v) is 6.11. The Hall–Kier alpha value is -2.70. The summed E-state index contributed by atoms with van der Waals surface area (Å²) < 4.78 is 10.9. The molecule has 0 amide bonds. The van der Waals surface area contributed by atoms with E-state index in [9.17, 15) is 9.59 Å². The Balaban J connectivity index is 1.67. The van der Waals surface area contributed by atoms with Crippen molar-refractivity contribution in [3.63, 3.8) is 0 Å². The van der Waals surface area contributed by atoms with Crippen LogP contribution in [0.4, 0.5) is 0 Å². The van der Waals surface area contributed by atoms with E-state index in [4.69, 9.17) is 9.47 Å². The van der Waals surface area contributed by atoms with E-state index < -0.39 is 0 Å². The topological polar surface area (TPSA) is 59.1 Å². The first-order valence-electron chi connectivity index (χ1n) is 10.4. The van der Waals surface area contributed by atoms with E-state index in [0.29, 0.717) is 39.8 Å². The largest absolute Gasteiger partial charge is 0.496 e. The van der Waals surface area contributed by atoms with Crippen molar-refractivity contribution in [3.8, 4) is 11.5 Å². The Morgan fingerprint density at radius 1 is 0.867 bits per heavy atom. The van der Waals surface area contributed by atoms with Gasteiger partial charge in [-0.2, -0.15) is 0 Å². The summed E-state index contributed by atoms with van der Waals surface area (Å²) in [5.74, 6) is 0.457. The Labute approximate surface area is 177 Å². The first-order valence-corrected chi connectivity index (χ1v) is 10.4. The summed E-state index contributed by atoms with van der Waals surface area (Å²) in [5.41, 5.74) is 2.42. The Morgan fingerprint density at radius 2 is 1.53 bits per heavy atom. The van der Waals surface area contributed by atoms with Crippen molar-refractivity contribution in [2.45, 2.75) is 26.4 Å². The molecule has 0 unspecified atom stereocenters. The van der Waals surface area contributed by atoms with Crippen molar-refractivity contribution >= 4 is 11.6 Å². The van der Waals surface area contributed by atoms with Gasteiger partial charge in [0.15, 0.2) is 5.78 Å². The van der Waals surface area contributed by atoms with Crippen molar-refractivity contribution in [2.75, 3.05) is 40.4 Å². The molecule has 0 aromatic heterocycles. The molecule has 1 saturated heterocycles. The number of carbonyl (C=O) groups is 2. The van der Waals surface area contributed by atoms with Gasteiger partial charge >= 0.3 is 0 Å². The van der Waals surface area contributed by atoms with Crippen molar-refractivity contribution in [1.29, 1.82) is 0 Å². The maximum Gasteiger partial charge on any atom is 0.201 e. The van der Waals surface area contributed by atoms with Gasteiger partial charge < -0.3 is 9.47 Å². The number of hydrogen-bond acceptors (Lipinski definition) is 6. The highest BCUT2D eigenvalue weighted by molar-refractivity contribution is 6.30. The fraction of sp³-hybridized carbons (Fsp3) is 0.417. The van der Waals surface area contributed by atoms with Gasteiger partial charge in [0.2, 0.25) is 5.78 Å². The molecule has 0 radical (unpaired) electrons. The van der Waals surface area contributed by atoms with Gasteiger partial charge in [0.25, 0.3) is 0 Å². The van der Waals surface area contributed by atoms with Crippen LogP contribution in [-0.4, -0.2) is 67.8 Å². The molecule has 1 heterocycles. The average molecular weight is 408 g/mol. The summed E-state index contributed by atoms with van der Waals surface area (Å²) >= 11 is 0. The van der Waals surface area contributed by atoms with Crippen LogP contribution in [0.5, 0.6) is 11.5 Å². The van der Waals surface area contributed by atoms with Crippen LogP contribution in [0.3, 0.4) is 0 Å². The predicted molar refractivity (Wildman–Crippen MR) is 115 cm³/mol. The highest BCUT2D eigenvalue weighted by Crippen LogP contribution is 2.38. The van der Waals surface area contributed by atoms with Crippen LogP contribution in [0.15, 0.2) is 30.3 Å². The number of hydrogen-bond donors (Lipinski definition) is 0. The highest BCUT2D eigenvalue weighted by Gasteiger charge is 2.35. The summed E-state index contributed by atoms with van der Waals surface area (Å²) in [6.45, 7) is 9.19. The summed E-state index contributed by atoms with van der Waals surface area (Å²) in [6, 6.07) is 9.42. The number of ether oxygens (including phenoxy) is 2. The van der Waals surface area contributed by atoms with Gasteiger partial charge in [-0.3, -0.25) is 19.4 Å². The van der Waals surface area contributed by atoms with E-state index in [1.807, 2.05) is 12.1 Å². The van der Waals surface area contributed by atoms with Crippen molar-refractivity contribution in [1.82, 2.24) is 9.80 Å². The molecule has 1 fully saturated rings. The molecular formula is C24H28N2O4. The zero-order valence-corrected chi connectivity index (χ0v) is 18.0. The minimum atomic E-state index is -0.231. The molecule has 2 aromatic carbocycles. The van der Waals surface area contributed by atoms with Gasteiger partial charge in [-0.1, -0.05) is 12.1 Å². The lowest BCUT2D eigenvalue weighted by Gasteiger charge is -2.37. The molecule has 6 heteroatoms. The van der Waals surface area contributed by atoms with Gasteiger partial charge in [-0.15, -0.1) is 0 Å². The average Bonchev–Trinajstić information content (AvgIpc) is 2.76. The number of carbonyl (C=O) groups excluding carboxylic acids is 2. The van der Waals surface area contributed by atoms with Crippen LogP contribution >= 0.6 is 0 Å². The molecule has 0 spiro atoms. The normalized spacial score (nSPS) is 17.1. The van der Waals surface area contributed by atoms with Crippen molar-refractivity contribution in [2.24, 2.45) is 0 Å². The van der Waals surface area contributed by atoms with Crippen molar-refractivity contribution < 1.29 is 19.1 Å². The van der Waals surface area contributed by atoms with Gasteiger partial charge in [0.1, 0.15) is 11.5 Å². The number of nitrogens with zero attached hydrogens (tertiary/aromatic N) is 2. The minimum Gasteiger partial charge on any atom is -0.496 e. The van der Waals surface area contributed by atoms with Crippen LogP contribution in [-0.2, 0) is 6.54 Å². The molecule has 1 aliphatic heterocycles. The van der Waals surface area contributed by atoms with Crippen LogP contribution in [0, 0.1) is 0 Å². The second kappa shape index (κ2) is 8.20. The molecule has 2 aliphatic rings. The van der Waals surface area contributed by atoms with Crippen LogP contribution in [0.2, 0.25) is 0 Å². The Kier molecular flexibility index (Phi) is 5.62. The second-order valence-electron chi connectivity index (χ2n) is 8.17. The second-order valence-corrected chi connectivity index (χ2v) is 8.17. The fourth-order valence-corrected chi connectivity index (χ4v) is 4.43. The summed E-state index contributed by atoms with van der Waals surface area (Å²) in [6.07, 6.45) is 0. The van der Waals surface area contributed by atoms with E-state index in [1.165, 1.54) is 14.2 Å². The Morgan fingerprint density at radius 3 is 2.17 bits per heavy atom. The summed E-state index contributed by atoms with van der Waals surface area (Å²) in [4.78, 5) is 31.4. The van der Waals surface area contributed by atoms with Crippen LogP contribution in [0.25, 0.3) is 0 Å². The van der Waals surface area contributed by atoms with E-state index in [1.54, 1.807) is 18.2 Å². The number of methoxy groups -OCH3 is 2. The van der Waals surface area contributed by atoms with Crippen LogP contribution < -0.4 is 9.47 Å². The number of fused-ring (bicyclic) bond motifs is 2. The maximum atomic E-state index is 13.3. The molecule has 0 atom stereocenters. The van der Waals surface area contributed by atoms with Gasteiger partial charge in [0.05, 0.1) is 25.3 Å². The van der Waals surface area contributed by atoms with E-state index in [2.05, 4.69) is 23.6 Å². The molecule has 4 rings (SSSR count). The van der Waals surface area contributed by atoms with E-state index in [-0.39, 0.29) is 11.6 Å². The zero-order chi connectivity index (χ0) is 21.4. The van der Waals surface area contributed by atoms with Gasteiger partial charge in [-0.05, 0) is 37.6 Å². The zero-order valence-electron chi connectivity index (χ0n) is 18.0. The third-order valence-electron chi connectivity index (χ3n) is 6.11. The Bertz CT molecular complexity index is 991. The molecule has 0 N–H and O–H groups in total. The minimum absolute atomic E-state index is 0.164. The first kappa shape index (κ1) is 20.6. The van der Waals surface area contributed by atoms with Crippen LogP contribution in [0.1, 0.15) is 51.3 Å². The highest BCUT2D eigenvalue weighted by atomic mass is 16.5. The molecule has 158 valence electrons. The summed E-state index contributed by atoms with van der Waals surface area (Å²) in [7, 11) is 3.04. The van der Waals surface area contributed by atoms with E-state index in [0.717, 1.165) is 38.3 Å².